The molecule has 4 amide bonds. The molecule has 0 saturated carbocycles. The van der Waals surface area contributed by atoms with Gasteiger partial charge in [0.05, 0.1) is 13.2 Å². The lowest BCUT2D eigenvalue weighted by molar-refractivity contribution is -0.154. The summed E-state index contributed by atoms with van der Waals surface area (Å²) in [5, 5.41) is 2.52. The Hall–Kier alpha value is -4.24. The number of nitrogens with zero attached hydrogens (tertiary/aromatic N) is 3. The van der Waals surface area contributed by atoms with Crippen molar-refractivity contribution in [2.45, 2.75) is 38.8 Å². The third-order valence-corrected chi connectivity index (χ3v) is 8.53. The van der Waals surface area contributed by atoms with Crippen LogP contribution < -0.4 is 15.6 Å². The van der Waals surface area contributed by atoms with Crippen LogP contribution in [-0.4, -0.2) is 58.5 Å². The van der Waals surface area contributed by atoms with Gasteiger partial charge in [0, 0.05) is 43.9 Å². The minimum absolute atomic E-state index is 0.00882. The molecule has 1 N–H and O–H groups in total. The molecular formula is C32H34N4O5. The van der Waals surface area contributed by atoms with Crippen LogP contribution in [0.25, 0.3) is 0 Å². The highest BCUT2D eigenvalue weighted by Crippen LogP contribution is 2.38. The second-order valence-electron chi connectivity index (χ2n) is 11.4. The number of rotatable bonds is 8. The molecule has 0 radical (unpaired) electrons. The number of amides is 4. The van der Waals surface area contributed by atoms with E-state index in [1.807, 2.05) is 72.2 Å². The van der Waals surface area contributed by atoms with Crippen LogP contribution in [0.5, 0.6) is 5.75 Å². The van der Waals surface area contributed by atoms with E-state index >= 15 is 0 Å². The first-order chi connectivity index (χ1) is 19.9. The van der Waals surface area contributed by atoms with E-state index in [4.69, 9.17) is 4.74 Å². The molecule has 0 spiro atoms. The summed E-state index contributed by atoms with van der Waals surface area (Å²) in [4.78, 5) is 57.0. The highest BCUT2D eigenvalue weighted by molar-refractivity contribution is 6.19. The first-order valence-corrected chi connectivity index (χ1v) is 14.2. The lowest BCUT2D eigenvalue weighted by Gasteiger charge is -2.47. The number of barbiturate groups is 1. The van der Waals surface area contributed by atoms with Crippen molar-refractivity contribution in [1.29, 1.82) is 0 Å². The molecule has 0 aliphatic carbocycles. The Morgan fingerprint density at radius 3 is 2.41 bits per heavy atom. The summed E-state index contributed by atoms with van der Waals surface area (Å²) >= 11 is 0. The van der Waals surface area contributed by atoms with Gasteiger partial charge in [0.15, 0.2) is 0 Å². The van der Waals surface area contributed by atoms with Crippen molar-refractivity contribution in [2.24, 2.45) is 11.3 Å². The van der Waals surface area contributed by atoms with Gasteiger partial charge in [-0.05, 0) is 55.0 Å². The summed E-state index contributed by atoms with van der Waals surface area (Å²) in [7, 11) is 0. The lowest BCUT2D eigenvalue weighted by atomic mass is 9.75. The Kier molecular flexibility index (Phi) is 7.21. The molecule has 2 fully saturated rings. The standard InChI is InChI=1S/C32H34N4O5/c1-2-41-26-13-11-22(12-14-26)16-32(29(38)33-31(40)36(30(32)39)18-23-7-4-3-5-8-23)21-34-17-24-15-25(20-34)27-9-6-10-28(37)35(27)19-24/h3-14,24-25H,2,15-21H2,1H3,(H,33,38,40)/t24-,25-,32+/m1/s1. The molecule has 3 aliphatic heterocycles. The maximum atomic E-state index is 14.4. The van der Waals surface area contributed by atoms with Gasteiger partial charge in [0.1, 0.15) is 11.2 Å². The van der Waals surface area contributed by atoms with Gasteiger partial charge in [-0.3, -0.25) is 24.6 Å². The number of aromatic nitrogens is 1. The number of carbonyl (C=O) groups excluding carboxylic acids is 3. The number of ether oxygens (including phenoxy) is 1. The van der Waals surface area contributed by atoms with Crippen molar-refractivity contribution in [3.05, 3.63) is 100.0 Å². The summed E-state index contributed by atoms with van der Waals surface area (Å²) in [5.74, 6) is 0.00757. The summed E-state index contributed by atoms with van der Waals surface area (Å²) in [6, 6.07) is 21.4. The summed E-state index contributed by atoms with van der Waals surface area (Å²) < 4.78 is 7.45. The number of piperidine rings is 1. The molecule has 1 aromatic heterocycles. The van der Waals surface area contributed by atoms with Gasteiger partial charge < -0.3 is 14.2 Å². The fourth-order valence-electron chi connectivity index (χ4n) is 6.72. The number of pyridine rings is 1. The molecule has 2 bridgehead atoms. The molecule has 3 aliphatic rings. The van der Waals surface area contributed by atoms with Crippen molar-refractivity contribution in [1.82, 2.24) is 19.7 Å². The lowest BCUT2D eigenvalue weighted by Crippen LogP contribution is -2.67. The van der Waals surface area contributed by atoms with E-state index in [1.54, 1.807) is 12.1 Å². The van der Waals surface area contributed by atoms with Gasteiger partial charge in [-0.1, -0.05) is 48.5 Å². The molecule has 6 rings (SSSR count). The molecule has 41 heavy (non-hydrogen) atoms. The Labute approximate surface area is 238 Å². The molecule has 0 unspecified atom stereocenters. The molecule has 4 heterocycles. The van der Waals surface area contributed by atoms with Gasteiger partial charge in [-0.25, -0.2) is 4.79 Å². The molecular weight excluding hydrogens is 520 g/mol. The highest BCUT2D eigenvalue weighted by atomic mass is 16.5. The second-order valence-corrected chi connectivity index (χ2v) is 11.4. The number of hydrogen-bond donors (Lipinski definition) is 1. The maximum Gasteiger partial charge on any atom is 0.331 e. The van der Waals surface area contributed by atoms with Crippen LogP contribution in [0.2, 0.25) is 0 Å². The average molecular weight is 555 g/mol. The monoisotopic (exact) mass is 554 g/mol. The average Bonchev–Trinajstić information content (AvgIpc) is 2.96. The largest absolute Gasteiger partial charge is 0.494 e. The molecule has 212 valence electrons. The van der Waals surface area contributed by atoms with E-state index in [2.05, 4.69) is 10.2 Å². The van der Waals surface area contributed by atoms with Gasteiger partial charge >= 0.3 is 6.03 Å². The third-order valence-electron chi connectivity index (χ3n) is 8.53. The number of hydrogen-bond acceptors (Lipinski definition) is 6. The molecule has 2 saturated heterocycles. The summed E-state index contributed by atoms with van der Waals surface area (Å²) in [6.45, 7) is 4.60. The number of nitrogens with one attached hydrogen (secondary N) is 1. The van der Waals surface area contributed by atoms with Crippen LogP contribution in [0, 0.1) is 11.3 Å². The number of imide groups is 2. The van der Waals surface area contributed by atoms with Gasteiger partial charge in [0.2, 0.25) is 11.8 Å². The number of benzene rings is 2. The smallest absolute Gasteiger partial charge is 0.331 e. The molecule has 3 atom stereocenters. The molecule has 2 aromatic carbocycles. The number of likely N-dealkylation sites (tertiary alicyclic amines) is 1. The van der Waals surface area contributed by atoms with Crippen molar-refractivity contribution in [2.75, 3.05) is 26.2 Å². The van der Waals surface area contributed by atoms with E-state index in [1.165, 1.54) is 4.90 Å². The van der Waals surface area contributed by atoms with E-state index in [0.29, 0.717) is 32.0 Å². The first kappa shape index (κ1) is 27.0. The third kappa shape index (κ3) is 5.17. The zero-order valence-electron chi connectivity index (χ0n) is 23.1. The van der Waals surface area contributed by atoms with Gasteiger partial charge in [-0.2, -0.15) is 0 Å². The van der Waals surface area contributed by atoms with Crippen LogP contribution in [0.3, 0.4) is 0 Å². The van der Waals surface area contributed by atoms with Gasteiger partial charge in [-0.15, -0.1) is 0 Å². The second kappa shape index (κ2) is 11.0. The number of fused-ring (bicyclic) bond motifs is 4. The molecule has 9 heteroatoms. The zero-order chi connectivity index (χ0) is 28.6. The van der Waals surface area contributed by atoms with Crippen LogP contribution >= 0.6 is 0 Å². The predicted molar refractivity (Wildman–Crippen MR) is 152 cm³/mol. The van der Waals surface area contributed by atoms with Crippen LogP contribution in [-0.2, 0) is 29.1 Å². The van der Waals surface area contributed by atoms with Gasteiger partial charge in [0.25, 0.3) is 5.56 Å². The quantitative estimate of drug-likeness (QED) is 0.430. The Bertz CT molecular complexity index is 1520. The molecule has 3 aromatic rings. The van der Waals surface area contributed by atoms with E-state index in [0.717, 1.165) is 23.2 Å². The fourth-order valence-corrected chi connectivity index (χ4v) is 6.72. The van der Waals surface area contributed by atoms with Crippen molar-refractivity contribution >= 4 is 17.8 Å². The zero-order valence-corrected chi connectivity index (χ0v) is 23.1. The Balaban J connectivity index is 1.34. The fraction of sp³-hybridized carbons (Fsp3) is 0.375. The highest BCUT2D eigenvalue weighted by Gasteiger charge is 2.55. The van der Waals surface area contributed by atoms with E-state index in [9.17, 15) is 19.2 Å². The van der Waals surface area contributed by atoms with E-state index in [-0.39, 0.29) is 36.9 Å². The maximum absolute atomic E-state index is 14.4. The van der Waals surface area contributed by atoms with Crippen molar-refractivity contribution < 1.29 is 19.1 Å². The minimum atomic E-state index is -1.50. The van der Waals surface area contributed by atoms with Crippen molar-refractivity contribution in [3.63, 3.8) is 0 Å². The number of carbonyl (C=O) groups is 3. The van der Waals surface area contributed by atoms with Crippen LogP contribution in [0.1, 0.15) is 36.1 Å². The number of urea groups is 1. The normalized spacial score (nSPS) is 24.1. The molecule has 9 nitrogen and oxygen atoms in total. The summed E-state index contributed by atoms with van der Waals surface area (Å²) in [5.41, 5.74) is 1.11. The Morgan fingerprint density at radius 1 is 0.878 bits per heavy atom. The minimum Gasteiger partial charge on any atom is -0.494 e. The van der Waals surface area contributed by atoms with Crippen LogP contribution in [0.15, 0.2) is 77.6 Å². The topological polar surface area (TPSA) is 101 Å². The predicted octanol–water partition coefficient (Wildman–Crippen LogP) is 3.17. The first-order valence-electron chi connectivity index (χ1n) is 14.2. The summed E-state index contributed by atoms with van der Waals surface area (Å²) in [6.07, 6.45) is 1.11. The Morgan fingerprint density at radius 2 is 1.66 bits per heavy atom. The van der Waals surface area contributed by atoms with E-state index < -0.39 is 23.3 Å². The van der Waals surface area contributed by atoms with Crippen molar-refractivity contribution in [3.8, 4) is 5.75 Å². The van der Waals surface area contributed by atoms with Crippen LogP contribution in [0.4, 0.5) is 4.79 Å². The SMILES string of the molecule is CCOc1ccc(C[C@]2(CN3C[C@H]4C[C@H](C3)c3cccc(=O)n3C4)C(=O)NC(=O)N(Cc3ccccc3)C2=O)cc1.